The third-order valence-electron chi connectivity index (χ3n) is 5.19. The smallest absolute Gasteiger partial charge is 0.423 e. The van der Waals surface area contributed by atoms with Gasteiger partial charge in [-0.05, 0) is 40.0 Å². The second-order valence-corrected chi connectivity index (χ2v) is 7.99. The van der Waals surface area contributed by atoms with Gasteiger partial charge in [0.05, 0.1) is 5.69 Å². The van der Waals surface area contributed by atoms with Crippen molar-refractivity contribution in [3.8, 4) is 11.5 Å². The van der Waals surface area contributed by atoms with Gasteiger partial charge in [-0.3, -0.25) is 4.98 Å². The van der Waals surface area contributed by atoms with E-state index in [1.54, 1.807) is 48.5 Å². The summed E-state index contributed by atoms with van der Waals surface area (Å²) in [6.07, 6.45) is -6.57. The molecule has 4 aromatic rings. The second-order valence-electron chi connectivity index (χ2n) is 7.99. The number of hydrazine groups is 1. The first kappa shape index (κ1) is 41.7. The maximum absolute atomic E-state index is 13.0. The van der Waals surface area contributed by atoms with Crippen molar-refractivity contribution in [1.82, 2.24) is 9.97 Å². The van der Waals surface area contributed by atoms with E-state index in [9.17, 15) is 26.3 Å². The number of nitrogens with one attached hydrogen (secondary N) is 3. The van der Waals surface area contributed by atoms with E-state index in [1.165, 1.54) is 25.4 Å². The Morgan fingerprint density at radius 2 is 1.07 bits per heavy atom. The molecule has 2 aromatic heterocycles. The highest BCUT2D eigenvalue weighted by Crippen LogP contribution is 2.40. The van der Waals surface area contributed by atoms with Gasteiger partial charge in [0.1, 0.15) is 35.8 Å². The zero-order valence-corrected chi connectivity index (χ0v) is 28.6. The van der Waals surface area contributed by atoms with Gasteiger partial charge < -0.3 is 14.9 Å². The third kappa shape index (κ3) is 14.6. The highest BCUT2D eigenvalue weighted by Gasteiger charge is 2.38. The molecule has 0 saturated carbocycles. The van der Waals surface area contributed by atoms with Gasteiger partial charge in [-0.1, -0.05) is 106 Å². The van der Waals surface area contributed by atoms with Crippen LogP contribution in [0.4, 0.5) is 32.2 Å². The summed E-state index contributed by atoms with van der Waals surface area (Å²) < 4.78 is 88.3. The Kier molecular flexibility index (Phi) is 20.7. The van der Waals surface area contributed by atoms with Crippen LogP contribution in [0, 0.1) is 18.0 Å². The van der Waals surface area contributed by atoms with Gasteiger partial charge >= 0.3 is 12.4 Å². The van der Waals surface area contributed by atoms with Crippen molar-refractivity contribution in [2.24, 2.45) is 5.84 Å². The third-order valence-corrected chi connectivity index (χ3v) is 5.19. The number of hydrogen-bond donors (Lipinski definition) is 4. The number of ether oxygens (including phenoxy) is 2. The van der Waals surface area contributed by atoms with E-state index < -0.39 is 29.3 Å². The van der Waals surface area contributed by atoms with E-state index in [4.69, 9.17) is 26.4 Å². The SMILES string of the molecule is CI.CI.Cc1nccc(OCc2ccccc2)c1C(F)(F)F.N=N.NNc1nccc(OCc2ccccc2)c1C(F)(F)F.[HH]. The maximum Gasteiger partial charge on any atom is 0.423 e. The lowest BCUT2D eigenvalue weighted by atomic mass is 10.1. The van der Waals surface area contributed by atoms with Crippen LogP contribution in [0.3, 0.4) is 0 Å². The first-order valence-corrected chi connectivity index (χ1v) is 16.7. The van der Waals surface area contributed by atoms with Crippen LogP contribution in [-0.2, 0) is 25.6 Å². The first-order valence-electron chi connectivity index (χ1n) is 12.4. The van der Waals surface area contributed by atoms with Gasteiger partial charge in [-0.25, -0.2) is 21.9 Å². The van der Waals surface area contributed by atoms with E-state index in [1.807, 2.05) is 27.4 Å². The van der Waals surface area contributed by atoms with Crippen molar-refractivity contribution in [3.63, 3.8) is 0 Å². The second kappa shape index (κ2) is 22.3. The van der Waals surface area contributed by atoms with Crippen molar-refractivity contribution < 1.29 is 37.2 Å². The topological polar surface area (TPSA) is 130 Å². The van der Waals surface area contributed by atoms with Gasteiger partial charge in [0.15, 0.2) is 5.82 Å². The summed E-state index contributed by atoms with van der Waals surface area (Å²) in [5.74, 6) is 4.08. The number of anilines is 1. The molecule has 0 saturated heterocycles. The standard InChI is InChI=1S/C14H12F3NO.C13H12F3N3O.2CH3I.H2N2.H2/c1-10-13(14(15,16)17)12(7-8-18-10)19-9-11-5-3-2-4-6-11;14-13(15,16)11-10(6-7-18-12(11)19-17)20-8-9-4-2-1-3-5-9;3*1-2;/h2-8H,9H2,1H3;1-7H,8,17H2,(H,18,19);2*1H3;1-2H;1H. The molecule has 16 heteroatoms. The summed E-state index contributed by atoms with van der Waals surface area (Å²) in [5.41, 5.74) is 11.6. The van der Waals surface area contributed by atoms with Gasteiger partial charge in [0.25, 0.3) is 0 Å². The highest BCUT2D eigenvalue weighted by atomic mass is 127. The van der Waals surface area contributed by atoms with E-state index in [-0.39, 0.29) is 31.8 Å². The Morgan fingerprint density at radius 3 is 1.44 bits per heavy atom. The number of benzene rings is 2. The number of nitrogen functional groups attached to an aromatic ring is 1. The minimum absolute atomic E-state index is 0. The average molecular weight is 866 g/mol. The molecule has 0 unspecified atom stereocenters. The summed E-state index contributed by atoms with van der Waals surface area (Å²) in [7, 11) is 0. The van der Waals surface area contributed by atoms with Crippen molar-refractivity contribution in [3.05, 3.63) is 113 Å². The van der Waals surface area contributed by atoms with E-state index in [0.717, 1.165) is 17.2 Å². The summed E-state index contributed by atoms with van der Waals surface area (Å²) in [5, 5.41) is 0. The Hall–Kier alpha value is -3.26. The molecule has 2 heterocycles. The number of nitrogens with zero attached hydrogens (tertiary/aromatic N) is 2. The molecule has 0 atom stereocenters. The molecule has 45 heavy (non-hydrogen) atoms. The Morgan fingerprint density at radius 1 is 0.689 bits per heavy atom. The van der Waals surface area contributed by atoms with Crippen LogP contribution in [-0.4, -0.2) is 19.8 Å². The van der Waals surface area contributed by atoms with Crippen LogP contribution >= 0.6 is 45.2 Å². The summed E-state index contributed by atoms with van der Waals surface area (Å²) in [4.78, 5) is 11.1. The maximum atomic E-state index is 13.0. The number of nitrogens with two attached hydrogens (primary N) is 1. The predicted octanol–water partition coefficient (Wildman–Crippen LogP) is 9.90. The molecule has 0 aliphatic heterocycles. The first-order chi connectivity index (χ1) is 21.5. The van der Waals surface area contributed by atoms with Gasteiger partial charge in [-0.15, -0.1) is 0 Å². The van der Waals surface area contributed by atoms with E-state index in [2.05, 4.69) is 55.1 Å². The predicted molar refractivity (Wildman–Crippen MR) is 180 cm³/mol. The van der Waals surface area contributed by atoms with Crippen LogP contribution < -0.4 is 20.7 Å². The number of aryl methyl sites for hydroxylation is 1. The fourth-order valence-corrected chi connectivity index (χ4v) is 3.43. The van der Waals surface area contributed by atoms with E-state index >= 15 is 0 Å². The number of hydrogen-bond acceptors (Lipinski definition) is 8. The largest absolute Gasteiger partial charge is 0.488 e. The van der Waals surface area contributed by atoms with Crippen LogP contribution in [0.2, 0.25) is 0 Å². The molecule has 0 spiro atoms. The minimum Gasteiger partial charge on any atom is -0.488 e. The fourth-order valence-electron chi connectivity index (χ4n) is 3.43. The van der Waals surface area contributed by atoms with Gasteiger partial charge in [0, 0.05) is 13.8 Å². The Balaban J connectivity index is 0. The van der Waals surface area contributed by atoms with Crippen molar-refractivity contribution >= 4 is 51.0 Å². The molecule has 0 fully saturated rings. The van der Waals surface area contributed by atoms with Crippen molar-refractivity contribution in [2.45, 2.75) is 32.5 Å². The summed E-state index contributed by atoms with van der Waals surface area (Å²) in [6, 6.07) is 20.3. The molecular weight excluding hydrogens is 832 g/mol. The highest BCUT2D eigenvalue weighted by molar-refractivity contribution is 14.1. The average Bonchev–Trinajstić information content (AvgIpc) is 3.05. The quantitative estimate of drug-likeness (QED) is 0.0366. The molecule has 0 radical (unpaired) electrons. The Bertz CT molecular complexity index is 1380. The van der Waals surface area contributed by atoms with Gasteiger partial charge in [0.2, 0.25) is 0 Å². The van der Waals surface area contributed by atoms with Crippen molar-refractivity contribution in [2.75, 3.05) is 15.3 Å². The zero-order chi connectivity index (χ0) is 34.5. The van der Waals surface area contributed by atoms with Gasteiger partial charge in [-0.2, -0.15) is 26.3 Å². The molecule has 2 aromatic carbocycles. The molecular formula is C29H34F6I2N6O2. The summed E-state index contributed by atoms with van der Waals surface area (Å²) >= 11 is 4.30. The Labute approximate surface area is 286 Å². The van der Waals surface area contributed by atoms with Crippen molar-refractivity contribution in [1.29, 1.82) is 11.1 Å². The van der Waals surface area contributed by atoms with E-state index in [0.29, 0.717) is 0 Å². The lowest BCUT2D eigenvalue weighted by Crippen LogP contribution is -2.17. The number of alkyl halides is 8. The van der Waals surface area contributed by atoms with Crippen LogP contribution in [0.25, 0.3) is 0 Å². The summed E-state index contributed by atoms with van der Waals surface area (Å²) in [6.45, 7) is 1.43. The minimum atomic E-state index is -4.61. The van der Waals surface area contributed by atoms with Crippen LogP contribution in [0.15, 0.2) is 85.2 Å². The lowest BCUT2D eigenvalue weighted by molar-refractivity contribution is -0.140. The number of rotatable bonds is 7. The number of aromatic nitrogens is 2. The molecule has 0 aliphatic rings. The molecule has 0 bridgehead atoms. The molecule has 0 amide bonds. The molecule has 5 N–H and O–H groups in total. The van der Waals surface area contributed by atoms with Crippen LogP contribution in [0.1, 0.15) is 29.4 Å². The van der Waals surface area contributed by atoms with Crippen LogP contribution in [0.5, 0.6) is 11.5 Å². The molecule has 8 nitrogen and oxygen atoms in total. The molecule has 248 valence electrons. The monoisotopic (exact) mass is 866 g/mol. The molecule has 4 rings (SSSR count). The zero-order valence-electron chi connectivity index (χ0n) is 24.3. The lowest BCUT2D eigenvalue weighted by Gasteiger charge is -2.16. The molecule has 0 aliphatic carbocycles. The number of pyridine rings is 2. The normalized spacial score (nSPS) is 10.1. The fraction of sp³-hybridized carbons (Fsp3) is 0.241. The number of halogens is 8.